The number of amides is 1. The Labute approximate surface area is 151 Å². The molecule has 1 N–H and O–H groups in total. The summed E-state index contributed by atoms with van der Waals surface area (Å²) in [7, 11) is 0. The maximum Gasteiger partial charge on any atom is 0.316 e. The smallest absolute Gasteiger partial charge is 0.316 e. The van der Waals surface area contributed by atoms with Crippen LogP contribution in [0.25, 0.3) is 0 Å². The van der Waals surface area contributed by atoms with E-state index in [-0.39, 0.29) is 24.1 Å². The molecule has 0 radical (unpaired) electrons. The van der Waals surface area contributed by atoms with Gasteiger partial charge >= 0.3 is 6.01 Å². The number of nitrogens with zero attached hydrogens (tertiary/aromatic N) is 3. The first-order valence-electron chi connectivity index (χ1n) is 8.68. The Bertz CT molecular complexity index is 716. The standard InChI is InChI=1S/C18H21FN4O3/c1-2-25-16-8-3-12(9-20-16)17(24)23-14-4-6-15(7-5-14)26-18-21-10-13(19)11-22-18/h3,8-11,14-15H,2,4-7H2,1H3,(H,23,24). The minimum Gasteiger partial charge on any atom is -0.478 e. The average molecular weight is 360 g/mol. The van der Waals surface area contributed by atoms with E-state index < -0.39 is 5.82 Å². The largest absolute Gasteiger partial charge is 0.478 e. The summed E-state index contributed by atoms with van der Waals surface area (Å²) in [6.45, 7) is 2.41. The van der Waals surface area contributed by atoms with Gasteiger partial charge in [-0.05, 0) is 38.7 Å². The Hall–Kier alpha value is -2.77. The number of hydrogen-bond acceptors (Lipinski definition) is 6. The molecule has 0 atom stereocenters. The van der Waals surface area contributed by atoms with E-state index in [1.807, 2.05) is 6.92 Å². The third kappa shape index (κ3) is 4.87. The van der Waals surface area contributed by atoms with Crippen molar-refractivity contribution in [3.63, 3.8) is 0 Å². The molecule has 1 aliphatic carbocycles. The van der Waals surface area contributed by atoms with Crippen LogP contribution in [0.3, 0.4) is 0 Å². The minimum atomic E-state index is -0.493. The van der Waals surface area contributed by atoms with E-state index in [2.05, 4.69) is 20.3 Å². The van der Waals surface area contributed by atoms with Crippen molar-refractivity contribution in [1.82, 2.24) is 20.3 Å². The van der Waals surface area contributed by atoms with Crippen LogP contribution in [0.2, 0.25) is 0 Å². The van der Waals surface area contributed by atoms with Crippen LogP contribution in [-0.4, -0.2) is 39.6 Å². The lowest BCUT2D eigenvalue weighted by atomic mass is 9.93. The van der Waals surface area contributed by atoms with Crippen molar-refractivity contribution in [2.24, 2.45) is 0 Å². The van der Waals surface area contributed by atoms with E-state index in [1.165, 1.54) is 6.20 Å². The summed E-state index contributed by atoms with van der Waals surface area (Å²) in [5.74, 6) is -0.135. The lowest BCUT2D eigenvalue weighted by Crippen LogP contribution is -2.39. The SMILES string of the molecule is CCOc1ccc(C(=O)NC2CCC(Oc3ncc(F)cn3)CC2)cn1. The van der Waals surface area contributed by atoms with Crippen LogP contribution in [0, 0.1) is 5.82 Å². The number of rotatable bonds is 6. The molecule has 1 aliphatic rings. The highest BCUT2D eigenvalue weighted by Crippen LogP contribution is 2.22. The second-order valence-corrected chi connectivity index (χ2v) is 6.07. The third-order valence-corrected chi connectivity index (χ3v) is 4.17. The number of halogens is 1. The van der Waals surface area contributed by atoms with Crippen molar-refractivity contribution in [3.8, 4) is 11.9 Å². The predicted octanol–water partition coefficient (Wildman–Crippen LogP) is 2.53. The molecule has 2 aromatic heterocycles. The first kappa shape index (κ1) is 18.0. The van der Waals surface area contributed by atoms with E-state index >= 15 is 0 Å². The second-order valence-electron chi connectivity index (χ2n) is 6.07. The van der Waals surface area contributed by atoms with Gasteiger partial charge in [0, 0.05) is 18.3 Å². The first-order chi connectivity index (χ1) is 12.6. The van der Waals surface area contributed by atoms with Gasteiger partial charge in [-0.1, -0.05) is 0 Å². The van der Waals surface area contributed by atoms with Crippen LogP contribution >= 0.6 is 0 Å². The number of aromatic nitrogens is 3. The summed E-state index contributed by atoms with van der Waals surface area (Å²) in [6.07, 6.45) is 6.78. The highest BCUT2D eigenvalue weighted by atomic mass is 19.1. The van der Waals surface area contributed by atoms with Crippen molar-refractivity contribution in [2.75, 3.05) is 6.61 Å². The number of pyridine rings is 1. The van der Waals surface area contributed by atoms with Crippen LogP contribution < -0.4 is 14.8 Å². The van der Waals surface area contributed by atoms with E-state index in [4.69, 9.17) is 9.47 Å². The molecule has 2 aromatic rings. The molecule has 0 unspecified atom stereocenters. The number of carbonyl (C=O) groups excluding carboxylic acids is 1. The van der Waals surface area contributed by atoms with Crippen LogP contribution in [-0.2, 0) is 0 Å². The fourth-order valence-corrected chi connectivity index (χ4v) is 2.85. The molecule has 0 spiro atoms. The number of nitrogens with one attached hydrogen (secondary N) is 1. The third-order valence-electron chi connectivity index (χ3n) is 4.17. The van der Waals surface area contributed by atoms with E-state index in [9.17, 15) is 9.18 Å². The zero-order valence-corrected chi connectivity index (χ0v) is 14.5. The molecule has 3 rings (SSSR count). The van der Waals surface area contributed by atoms with Crippen molar-refractivity contribution in [1.29, 1.82) is 0 Å². The second kappa shape index (κ2) is 8.55. The van der Waals surface area contributed by atoms with Gasteiger partial charge in [-0.25, -0.2) is 19.3 Å². The van der Waals surface area contributed by atoms with Crippen LogP contribution in [0.5, 0.6) is 11.9 Å². The van der Waals surface area contributed by atoms with Gasteiger partial charge in [0.25, 0.3) is 5.91 Å². The average Bonchev–Trinajstić information content (AvgIpc) is 2.66. The molecule has 7 nitrogen and oxygen atoms in total. The predicted molar refractivity (Wildman–Crippen MR) is 91.5 cm³/mol. The molecule has 0 saturated heterocycles. The van der Waals surface area contributed by atoms with E-state index in [0.717, 1.165) is 38.1 Å². The Morgan fingerprint density at radius 2 is 1.88 bits per heavy atom. The van der Waals surface area contributed by atoms with E-state index in [0.29, 0.717) is 18.1 Å². The van der Waals surface area contributed by atoms with Gasteiger partial charge in [0.05, 0.1) is 24.6 Å². The summed E-state index contributed by atoms with van der Waals surface area (Å²) < 4.78 is 23.7. The molecule has 0 bridgehead atoms. The molecular formula is C18H21FN4O3. The molecule has 8 heteroatoms. The van der Waals surface area contributed by atoms with Crippen molar-refractivity contribution in [3.05, 3.63) is 42.1 Å². The molecule has 1 fully saturated rings. The van der Waals surface area contributed by atoms with Gasteiger partial charge in [-0.2, -0.15) is 0 Å². The quantitative estimate of drug-likeness (QED) is 0.852. The molecular weight excluding hydrogens is 339 g/mol. The van der Waals surface area contributed by atoms with E-state index in [1.54, 1.807) is 12.1 Å². The maximum atomic E-state index is 12.8. The Morgan fingerprint density at radius 1 is 1.15 bits per heavy atom. The Balaban J connectivity index is 1.45. The van der Waals surface area contributed by atoms with Crippen LogP contribution in [0.4, 0.5) is 4.39 Å². The van der Waals surface area contributed by atoms with Crippen molar-refractivity contribution < 1.29 is 18.7 Å². The molecule has 0 aromatic carbocycles. The fraction of sp³-hybridized carbons (Fsp3) is 0.444. The van der Waals surface area contributed by atoms with Crippen LogP contribution in [0.15, 0.2) is 30.7 Å². The normalized spacial score (nSPS) is 19.6. The Kier molecular flexibility index (Phi) is 5.93. The van der Waals surface area contributed by atoms with Gasteiger partial charge in [0.15, 0.2) is 5.82 Å². The molecule has 0 aliphatic heterocycles. The molecule has 138 valence electrons. The Morgan fingerprint density at radius 3 is 2.50 bits per heavy atom. The van der Waals surface area contributed by atoms with Crippen LogP contribution in [0.1, 0.15) is 43.0 Å². The number of hydrogen-bond donors (Lipinski definition) is 1. The molecule has 1 saturated carbocycles. The lowest BCUT2D eigenvalue weighted by Gasteiger charge is -2.28. The summed E-state index contributed by atoms with van der Waals surface area (Å²) in [4.78, 5) is 24.0. The van der Waals surface area contributed by atoms with Gasteiger partial charge in [-0.3, -0.25) is 4.79 Å². The fourth-order valence-electron chi connectivity index (χ4n) is 2.85. The van der Waals surface area contributed by atoms with Crippen molar-refractivity contribution in [2.45, 2.75) is 44.8 Å². The monoisotopic (exact) mass is 360 g/mol. The number of ether oxygens (including phenoxy) is 2. The summed E-state index contributed by atoms with van der Waals surface area (Å²) in [6, 6.07) is 3.65. The maximum absolute atomic E-state index is 12.8. The first-order valence-corrected chi connectivity index (χ1v) is 8.68. The summed E-state index contributed by atoms with van der Waals surface area (Å²) in [5.41, 5.74) is 0.506. The summed E-state index contributed by atoms with van der Waals surface area (Å²) >= 11 is 0. The molecule has 1 amide bonds. The van der Waals surface area contributed by atoms with Gasteiger partial charge in [0.2, 0.25) is 5.88 Å². The molecule has 2 heterocycles. The topological polar surface area (TPSA) is 86.2 Å². The van der Waals surface area contributed by atoms with Gasteiger partial charge < -0.3 is 14.8 Å². The highest BCUT2D eigenvalue weighted by Gasteiger charge is 2.24. The lowest BCUT2D eigenvalue weighted by molar-refractivity contribution is 0.0884. The van der Waals surface area contributed by atoms with Gasteiger partial charge in [-0.15, -0.1) is 0 Å². The zero-order chi connectivity index (χ0) is 18.4. The van der Waals surface area contributed by atoms with Crippen molar-refractivity contribution >= 4 is 5.91 Å². The molecule has 26 heavy (non-hydrogen) atoms. The number of carbonyl (C=O) groups is 1. The minimum absolute atomic E-state index is 0.0271. The van der Waals surface area contributed by atoms with Gasteiger partial charge in [0.1, 0.15) is 6.10 Å². The zero-order valence-electron chi connectivity index (χ0n) is 14.5. The highest BCUT2D eigenvalue weighted by molar-refractivity contribution is 5.94. The summed E-state index contributed by atoms with van der Waals surface area (Å²) in [5, 5.41) is 3.02.